The zero-order chi connectivity index (χ0) is 21.6. The van der Waals surface area contributed by atoms with Crippen LogP contribution in [0.3, 0.4) is 0 Å². The van der Waals surface area contributed by atoms with Crippen molar-refractivity contribution in [1.82, 2.24) is 18.7 Å². The first-order chi connectivity index (χ1) is 14.4. The maximum Gasteiger partial charge on any atom is 0.332 e. The fourth-order valence-electron chi connectivity index (χ4n) is 4.10. The number of nitrogens with zero attached hydrogens (tertiary/aromatic N) is 5. The van der Waals surface area contributed by atoms with Crippen LogP contribution in [0.25, 0.3) is 11.2 Å². The van der Waals surface area contributed by atoms with Crippen molar-refractivity contribution >= 4 is 22.8 Å². The molecule has 0 bridgehead atoms. The first kappa shape index (κ1) is 20.2. The van der Waals surface area contributed by atoms with Gasteiger partial charge in [-0.2, -0.15) is 4.98 Å². The molecule has 3 heterocycles. The average molecular weight is 413 g/mol. The van der Waals surface area contributed by atoms with Crippen molar-refractivity contribution in [2.24, 2.45) is 13.0 Å². The number of ether oxygens (including phenoxy) is 2. The zero-order valence-electron chi connectivity index (χ0n) is 18.0. The first-order valence-corrected chi connectivity index (χ1v) is 9.98. The van der Waals surface area contributed by atoms with E-state index in [9.17, 15) is 9.59 Å². The van der Waals surface area contributed by atoms with Gasteiger partial charge in [0, 0.05) is 27.2 Å². The Bertz CT molecular complexity index is 1220. The van der Waals surface area contributed by atoms with Gasteiger partial charge in [0.2, 0.25) is 5.95 Å². The Morgan fingerprint density at radius 3 is 2.67 bits per heavy atom. The number of hydrogen-bond acceptors (Lipinski definition) is 6. The summed E-state index contributed by atoms with van der Waals surface area (Å²) in [6.07, 6.45) is 0. The van der Waals surface area contributed by atoms with Crippen LogP contribution in [-0.4, -0.2) is 46.1 Å². The van der Waals surface area contributed by atoms with Crippen LogP contribution in [0.15, 0.2) is 27.8 Å². The number of hydrogen-bond donors (Lipinski definition) is 0. The van der Waals surface area contributed by atoms with Crippen LogP contribution < -0.4 is 20.9 Å². The highest BCUT2D eigenvalue weighted by Gasteiger charge is 2.31. The van der Waals surface area contributed by atoms with Gasteiger partial charge in [-0.25, -0.2) is 4.79 Å². The zero-order valence-corrected chi connectivity index (χ0v) is 18.0. The smallest absolute Gasteiger partial charge is 0.332 e. The van der Waals surface area contributed by atoms with Gasteiger partial charge in [0.05, 0.1) is 25.9 Å². The van der Waals surface area contributed by atoms with E-state index in [-0.39, 0.29) is 24.6 Å². The summed E-state index contributed by atoms with van der Waals surface area (Å²) in [6, 6.07) is 5.98. The maximum atomic E-state index is 13.3. The molecule has 1 aliphatic heterocycles. The Morgan fingerprint density at radius 2 is 1.97 bits per heavy atom. The van der Waals surface area contributed by atoms with Crippen molar-refractivity contribution < 1.29 is 9.47 Å². The topological polar surface area (TPSA) is 83.5 Å². The highest BCUT2D eigenvalue weighted by Crippen LogP contribution is 2.38. The van der Waals surface area contributed by atoms with Gasteiger partial charge in [-0.15, -0.1) is 0 Å². The van der Waals surface area contributed by atoms with Crippen molar-refractivity contribution in [1.29, 1.82) is 0 Å². The van der Waals surface area contributed by atoms with E-state index in [4.69, 9.17) is 14.5 Å². The summed E-state index contributed by atoms with van der Waals surface area (Å²) >= 11 is 0. The van der Waals surface area contributed by atoms with Crippen LogP contribution >= 0.6 is 0 Å². The van der Waals surface area contributed by atoms with Gasteiger partial charge in [0.15, 0.2) is 11.2 Å². The molecular formula is C21H27N5O4. The highest BCUT2D eigenvalue weighted by atomic mass is 16.5. The molecule has 1 aromatic carbocycles. The van der Waals surface area contributed by atoms with Crippen LogP contribution in [0, 0.1) is 12.8 Å². The quantitative estimate of drug-likeness (QED) is 0.633. The molecule has 1 atom stereocenters. The van der Waals surface area contributed by atoms with Crippen molar-refractivity contribution in [3.63, 3.8) is 0 Å². The molecule has 0 amide bonds. The molecule has 0 spiro atoms. The number of imidazole rings is 1. The van der Waals surface area contributed by atoms with Crippen LogP contribution in [0.4, 0.5) is 11.6 Å². The molecule has 0 N–H and O–H groups in total. The maximum absolute atomic E-state index is 13.3. The monoisotopic (exact) mass is 413 g/mol. The van der Waals surface area contributed by atoms with Gasteiger partial charge >= 0.3 is 5.69 Å². The fourth-order valence-corrected chi connectivity index (χ4v) is 4.10. The molecule has 0 fully saturated rings. The van der Waals surface area contributed by atoms with Crippen molar-refractivity contribution in [3.8, 4) is 5.75 Å². The minimum Gasteiger partial charge on any atom is -0.495 e. The molecule has 4 rings (SSSR count). The predicted molar refractivity (Wildman–Crippen MR) is 115 cm³/mol. The van der Waals surface area contributed by atoms with E-state index in [0.29, 0.717) is 23.7 Å². The fraction of sp³-hybridized carbons (Fsp3) is 0.476. The molecule has 160 valence electrons. The highest BCUT2D eigenvalue weighted by molar-refractivity contribution is 5.78. The van der Waals surface area contributed by atoms with E-state index < -0.39 is 5.69 Å². The Kier molecular flexibility index (Phi) is 5.15. The van der Waals surface area contributed by atoms with E-state index in [1.807, 2.05) is 23.6 Å². The van der Waals surface area contributed by atoms with Crippen LogP contribution in [0.1, 0.15) is 12.5 Å². The molecule has 0 unspecified atom stereocenters. The molecule has 3 aromatic rings. The Balaban J connectivity index is 2.00. The minimum absolute atomic E-state index is 0.198. The van der Waals surface area contributed by atoms with Crippen LogP contribution in [0.2, 0.25) is 0 Å². The van der Waals surface area contributed by atoms with Crippen molar-refractivity contribution in [2.75, 3.05) is 32.3 Å². The lowest BCUT2D eigenvalue weighted by molar-refractivity contribution is 0.184. The number of aromatic nitrogens is 4. The van der Waals surface area contributed by atoms with E-state index in [1.54, 1.807) is 21.3 Å². The largest absolute Gasteiger partial charge is 0.495 e. The van der Waals surface area contributed by atoms with Crippen LogP contribution in [-0.2, 0) is 24.9 Å². The molecule has 30 heavy (non-hydrogen) atoms. The summed E-state index contributed by atoms with van der Waals surface area (Å²) in [6.45, 7) is 6.02. The first-order valence-electron chi connectivity index (χ1n) is 9.98. The average Bonchev–Trinajstić information content (AvgIpc) is 3.11. The third-order valence-electron chi connectivity index (χ3n) is 5.59. The number of benzene rings is 1. The number of aryl methyl sites for hydroxylation is 2. The summed E-state index contributed by atoms with van der Waals surface area (Å²) in [5, 5.41) is 0. The Hall–Kier alpha value is -3.07. The predicted octanol–water partition coefficient (Wildman–Crippen LogP) is 1.65. The Morgan fingerprint density at radius 1 is 1.20 bits per heavy atom. The molecule has 1 aliphatic rings. The van der Waals surface area contributed by atoms with E-state index in [1.165, 1.54) is 9.13 Å². The second-order valence-electron chi connectivity index (χ2n) is 7.88. The lowest BCUT2D eigenvalue weighted by Crippen LogP contribution is -2.41. The summed E-state index contributed by atoms with van der Waals surface area (Å²) in [7, 11) is 4.83. The SMILES string of the molecule is COCCn1c(=O)c2c(nc3n2C[C@@H](C)CN3c2cc(C)ccc2OC)n(C)c1=O. The van der Waals surface area contributed by atoms with Crippen molar-refractivity contribution in [3.05, 3.63) is 44.6 Å². The third-order valence-corrected chi connectivity index (χ3v) is 5.59. The van der Waals surface area contributed by atoms with Crippen LogP contribution in [0.5, 0.6) is 5.75 Å². The molecule has 0 aliphatic carbocycles. The lowest BCUT2D eigenvalue weighted by Gasteiger charge is -2.33. The van der Waals surface area contributed by atoms with Gasteiger partial charge in [-0.3, -0.25) is 13.9 Å². The summed E-state index contributed by atoms with van der Waals surface area (Å²) in [5.41, 5.74) is 2.08. The normalized spacial score (nSPS) is 16.2. The van der Waals surface area contributed by atoms with Gasteiger partial charge < -0.3 is 18.9 Å². The number of fused-ring (bicyclic) bond motifs is 3. The Labute approximate surface area is 174 Å². The molecular weight excluding hydrogens is 386 g/mol. The number of methoxy groups -OCH3 is 2. The molecule has 0 radical (unpaired) electrons. The molecule has 2 aromatic heterocycles. The number of anilines is 2. The summed E-state index contributed by atoms with van der Waals surface area (Å²) in [5.74, 6) is 1.65. The van der Waals surface area contributed by atoms with Gasteiger partial charge in [0.25, 0.3) is 5.56 Å². The van der Waals surface area contributed by atoms with Gasteiger partial charge in [0.1, 0.15) is 5.75 Å². The lowest BCUT2D eigenvalue weighted by atomic mass is 10.1. The van der Waals surface area contributed by atoms with E-state index in [0.717, 1.165) is 23.5 Å². The van der Waals surface area contributed by atoms with E-state index >= 15 is 0 Å². The summed E-state index contributed by atoms with van der Waals surface area (Å²) < 4.78 is 15.3. The molecule has 9 nitrogen and oxygen atoms in total. The second-order valence-corrected chi connectivity index (χ2v) is 7.88. The molecule has 9 heteroatoms. The molecule has 0 saturated carbocycles. The minimum atomic E-state index is -0.396. The second kappa shape index (κ2) is 7.64. The van der Waals surface area contributed by atoms with Crippen molar-refractivity contribution in [2.45, 2.75) is 26.9 Å². The molecule has 0 saturated heterocycles. The standard InChI is InChI=1S/C21H27N5O4/c1-13-6-7-16(30-5)15(10-13)25-11-14(2)12-26-17-18(22-20(25)26)23(3)21(28)24(19(17)27)8-9-29-4/h6-7,10,14H,8-9,11-12H2,1-5H3/t14-/m0/s1. The third kappa shape index (κ3) is 3.09. The van der Waals surface area contributed by atoms with E-state index in [2.05, 4.69) is 17.9 Å². The van der Waals surface area contributed by atoms with Gasteiger partial charge in [-0.05, 0) is 30.5 Å². The van der Waals surface area contributed by atoms with Gasteiger partial charge in [-0.1, -0.05) is 13.0 Å². The summed E-state index contributed by atoms with van der Waals surface area (Å²) in [4.78, 5) is 32.8. The number of rotatable bonds is 5.